The van der Waals surface area contributed by atoms with Crippen molar-refractivity contribution < 1.29 is 26.9 Å². The lowest BCUT2D eigenvalue weighted by Crippen LogP contribution is -2.33. The zero-order valence-corrected chi connectivity index (χ0v) is 20.9. The second kappa shape index (κ2) is 8.84. The number of rotatable bonds is 3. The molecule has 0 unspecified atom stereocenters. The average Bonchev–Trinajstić information content (AvgIpc) is 3.45. The topological polar surface area (TPSA) is 124 Å². The Hall–Kier alpha value is -3.45. The lowest BCUT2D eigenvalue weighted by molar-refractivity contribution is -0.141. The van der Waals surface area contributed by atoms with Crippen LogP contribution < -0.4 is 15.2 Å². The lowest BCUT2D eigenvalue weighted by Gasteiger charge is -2.30. The summed E-state index contributed by atoms with van der Waals surface area (Å²) in [6, 6.07) is 4.85. The number of hydrogen-bond donors (Lipinski definition) is 2. The van der Waals surface area contributed by atoms with Crippen molar-refractivity contribution in [1.82, 2.24) is 14.8 Å². The van der Waals surface area contributed by atoms with Gasteiger partial charge in [0.15, 0.2) is 9.92 Å². The molecule has 0 saturated heterocycles. The van der Waals surface area contributed by atoms with Crippen molar-refractivity contribution >= 4 is 21.6 Å². The number of nitrogens with two attached hydrogens (primary N) is 1. The van der Waals surface area contributed by atoms with E-state index in [9.17, 15) is 22.2 Å². The molecule has 0 bridgehead atoms. The highest BCUT2D eigenvalue weighted by molar-refractivity contribution is 7.91. The Bertz CT molecular complexity index is 1520. The number of ether oxygens (including phenoxy) is 1. The van der Waals surface area contributed by atoms with Crippen LogP contribution in [0.25, 0.3) is 11.1 Å². The summed E-state index contributed by atoms with van der Waals surface area (Å²) in [5, 5.41) is 12.8. The zero-order valence-electron chi connectivity index (χ0n) is 20.1. The van der Waals surface area contributed by atoms with Gasteiger partial charge in [-0.2, -0.15) is 18.3 Å². The predicted octanol–water partition coefficient (Wildman–Crippen LogP) is 4.80. The Morgan fingerprint density at radius 1 is 1.27 bits per heavy atom. The number of fused-ring (bicyclic) bond motifs is 2. The predicted molar refractivity (Wildman–Crippen MR) is 130 cm³/mol. The van der Waals surface area contributed by atoms with E-state index < -0.39 is 27.8 Å². The number of amides is 2. The standard InChI is InChI=1S/C24H25F3N6O3S/c1-23(2)12-33-21(36-13-23)18(11-30-33)37(28,35)32-22(34)31-20-16-5-3-4-14(16)6-7-17(20)15-8-9-29-19(10-15)24(25,26)27/h6-11H,3-5,12-13H2,1-2H3,(H3,28,31,32,34,35)/t37-/m0/s1. The first-order valence-electron chi connectivity index (χ1n) is 11.6. The van der Waals surface area contributed by atoms with E-state index in [1.165, 1.54) is 16.9 Å². The number of pyridine rings is 1. The summed E-state index contributed by atoms with van der Waals surface area (Å²) in [5.74, 6) is 0.195. The molecular formula is C24H25F3N6O3S. The van der Waals surface area contributed by atoms with Crippen LogP contribution in [0.2, 0.25) is 0 Å². The number of aryl methyl sites for hydroxylation is 1. The van der Waals surface area contributed by atoms with Crippen LogP contribution in [-0.2, 0) is 35.5 Å². The minimum absolute atomic E-state index is 0.000571. The molecule has 1 atom stereocenters. The van der Waals surface area contributed by atoms with E-state index >= 15 is 0 Å². The number of benzene rings is 1. The lowest BCUT2D eigenvalue weighted by atomic mass is 9.94. The van der Waals surface area contributed by atoms with Gasteiger partial charge >= 0.3 is 12.2 Å². The molecule has 2 aliphatic rings. The molecule has 0 fully saturated rings. The van der Waals surface area contributed by atoms with Crippen molar-refractivity contribution in [2.75, 3.05) is 11.9 Å². The summed E-state index contributed by atoms with van der Waals surface area (Å²) in [6.45, 7) is 4.84. The Morgan fingerprint density at radius 3 is 2.81 bits per heavy atom. The number of urea groups is 1. The van der Waals surface area contributed by atoms with Crippen LogP contribution in [0.5, 0.6) is 5.88 Å². The first kappa shape index (κ1) is 25.2. The molecule has 3 N–H and O–H groups in total. The molecule has 3 aromatic rings. The van der Waals surface area contributed by atoms with Crippen molar-refractivity contribution in [3.63, 3.8) is 0 Å². The van der Waals surface area contributed by atoms with E-state index in [0.717, 1.165) is 36.2 Å². The number of anilines is 1. The van der Waals surface area contributed by atoms with Crippen LogP contribution in [0.4, 0.5) is 23.7 Å². The summed E-state index contributed by atoms with van der Waals surface area (Å²) in [4.78, 5) is 16.4. The van der Waals surface area contributed by atoms with Crippen molar-refractivity contribution in [2.45, 2.75) is 50.7 Å². The maximum absolute atomic E-state index is 13.3. The average molecular weight is 535 g/mol. The number of carbonyl (C=O) groups is 1. The van der Waals surface area contributed by atoms with Gasteiger partial charge < -0.3 is 10.1 Å². The van der Waals surface area contributed by atoms with Gasteiger partial charge in [-0.15, -0.1) is 4.36 Å². The first-order valence-corrected chi connectivity index (χ1v) is 13.1. The van der Waals surface area contributed by atoms with Gasteiger partial charge in [0.05, 0.1) is 25.0 Å². The van der Waals surface area contributed by atoms with Crippen LogP contribution in [0, 0.1) is 5.41 Å². The molecule has 1 aliphatic carbocycles. The highest BCUT2D eigenvalue weighted by atomic mass is 32.2. The molecule has 5 rings (SSSR count). The van der Waals surface area contributed by atoms with Crippen LogP contribution in [0.1, 0.15) is 37.1 Å². The summed E-state index contributed by atoms with van der Waals surface area (Å²) in [5.41, 5.74) is 1.43. The van der Waals surface area contributed by atoms with Gasteiger partial charge in [0.1, 0.15) is 10.6 Å². The van der Waals surface area contributed by atoms with Gasteiger partial charge in [0, 0.05) is 17.2 Å². The molecule has 0 saturated carbocycles. The molecule has 0 radical (unpaired) electrons. The number of nitrogens with one attached hydrogen (secondary N) is 1. The minimum Gasteiger partial charge on any atom is -0.476 e. The van der Waals surface area contributed by atoms with Crippen LogP contribution >= 0.6 is 0 Å². The third-order valence-electron chi connectivity index (χ3n) is 6.35. The molecule has 0 spiro atoms. The molecule has 9 nitrogen and oxygen atoms in total. The van der Waals surface area contributed by atoms with Crippen molar-refractivity contribution in [3.8, 4) is 17.0 Å². The SMILES string of the molecule is CC1(C)COc2c([S@@](N)(=O)=NC(=O)Nc3c(-c4ccnc(C(F)(F)F)c4)ccc4c3CCC4)cnn2C1. The van der Waals surface area contributed by atoms with Crippen LogP contribution in [0.3, 0.4) is 0 Å². The van der Waals surface area contributed by atoms with Gasteiger partial charge in [-0.1, -0.05) is 26.0 Å². The van der Waals surface area contributed by atoms with E-state index in [4.69, 9.17) is 9.88 Å². The summed E-state index contributed by atoms with van der Waals surface area (Å²) >= 11 is 0. The molecule has 196 valence electrons. The quantitative estimate of drug-likeness (QED) is 0.499. The molecule has 37 heavy (non-hydrogen) atoms. The van der Waals surface area contributed by atoms with Crippen molar-refractivity contribution in [2.24, 2.45) is 14.9 Å². The number of carbonyl (C=O) groups excluding carboxylic acids is 1. The molecule has 2 amide bonds. The van der Waals surface area contributed by atoms with E-state index in [-0.39, 0.29) is 21.8 Å². The summed E-state index contributed by atoms with van der Waals surface area (Å²) < 4.78 is 64.2. The second-order valence-corrected chi connectivity index (χ2v) is 11.7. The van der Waals surface area contributed by atoms with E-state index in [1.54, 1.807) is 6.07 Å². The third kappa shape index (κ3) is 4.92. The maximum atomic E-state index is 13.3. The van der Waals surface area contributed by atoms with Gasteiger partial charge in [-0.3, -0.25) is 4.98 Å². The number of nitrogens with zero attached hydrogens (tertiary/aromatic N) is 4. The largest absolute Gasteiger partial charge is 0.476 e. The molecule has 1 aliphatic heterocycles. The Kier molecular flexibility index (Phi) is 6.02. The van der Waals surface area contributed by atoms with Crippen molar-refractivity contribution in [3.05, 3.63) is 53.5 Å². The smallest absolute Gasteiger partial charge is 0.433 e. The third-order valence-corrected chi connectivity index (χ3v) is 7.69. The zero-order chi connectivity index (χ0) is 26.6. The first-order chi connectivity index (χ1) is 17.3. The molecule has 13 heteroatoms. The number of alkyl halides is 3. The fourth-order valence-corrected chi connectivity index (χ4v) is 5.64. The normalized spacial score (nSPS) is 17.8. The van der Waals surface area contributed by atoms with Gasteiger partial charge in [0.2, 0.25) is 5.88 Å². The Labute approximate surface area is 211 Å². The van der Waals surface area contributed by atoms with E-state index in [0.29, 0.717) is 30.8 Å². The number of hydrogen-bond acceptors (Lipinski definition) is 5. The minimum atomic E-state index is -4.63. The summed E-state index contributed by atoms with van der Waals surface area (Å²) in [7, 11) is -3.74. The molecule has 3 heterocycles. The van der Waals surface area contributed by atoms with Gasteiger partial charge in [-0.05, 0) is 48.1 Å². The molecular weight excluding hydrogens is 509 g/mol. The van der Waals surface area contributed by atoms with Crippen LogP contribution in [0.15, 0.2) is 45.9 Å². The van der Waals surface area contributed by atoms with E-state index in [1.807, 2.05) is 19.9 Å². The fourth-order valence-electron chi connectivity index (χ4n) is 4.64. The summed E-state index contributed by atoms with van der Waals surface area (Å²) in [6.07, 6.45) is -0.0702. The highest BCUT2D eigenvalue weighted by Gasteiger charge is 2.34. The number of aromatic nitrogens is 3. The number of halogens is 3. The maximum Gasteiger partial charge on any atom is 0.433 e. The van der Waals surface area contributed by atoms with Crippen LogP contribution in [-0.4, -0.2) is 31.6 Å². The molecule has 1 aromatic carbocycles. The monoisotopic (exact) mass is 534 g/mol. The van der Waals surface area contributed by atoms with Gasteiger partial charge in [0.25, 0.3) is 0 Å². The molecule has 2 aromatic heterocycles. The van der Waals surface area contributed by atoms with E-state index in [2.05, 4.69) is 19.8 Å². The Morgan fingerprint density at radius 2 is 2.05 bits per heavy atom. The van der Waals surface area contributed by atoms with Gasteiger partial charge in [-0.25, -0.2) is 18.8 Å². The van der Waals surface area contributed by atoms with Crippen molar-refractivity contribution in [1.29, 1.82) is 0 Å². The second-order valence-electron chi connectivity index (χ2n) is 9.92. The Balaban J connectivity index is 1.51. The highest BCUT2D eigenvalue weighted by Crippen LogP contribution is 2.39. The fraction of sp³-hybridized carbons (Fsp3) is 0.375.